The van der Waals surface area contributed by atoms with Crippen LogP contribution in [0.1, 0.15) is 0 Å². The summed E-state index contributed by atoms with van der Waals surface area (Å²) in [5, 5.41) is 25.2. The molecule has 1 unspecified atom stereocenters. The molecule has 1 saturated heterocycles. The van der Waals surface area contributed by atoms with E-state index < -0.39 is 29.2 Å². The van der Waals surface area contributed by atoms with Crippen molar-refractivity contribution in [2.24, 2.45) is 0 Å². The van der Waals surface area contributed by atoms with E-state index in [9.17, 15) is 14.7 Å². The van der Waals surface area contributed by atoms with Gasteiger partial charge in [-0.15, -0.1) is 0 Å². The van der Waals surface area contributed by atoms with Crippen molar-refractivity contribution in [2.45, 2.75) is 12.6 Å². The molecule has 0 radical (unpaired) electrons. The number of β-amino-alcohol motifs (C(OH)–C–C–N with tert-alkyl or cyclic N) is 1. The van der Waals surface area contributed by atoms with Crippen LogP contribution in [0.3, 0.4) is 0 Å². The van der Waals surface area contributed by atoms with Crippen molar-refractivity contribution in [1.29, 1.82) is 0 Å². The molecule has 0 bridgehead atoms. The molecule has 1 fully saturated rings. The highest BCUT2D eigenvalue weighted by molar-refractivity contribution is 6.27. The molecule has 0 spiro atoms. The lowest BCUT2D eigenvalue weighted by atomic mass is 10.3. The van der Waals surface area contributed by atoms with Gasteiger partial charge in [0, 0.05) is 25.8 Å². The minimum absolute atomic E-state index is 0.0585. The van der Waals surface area contributed by atoms with Gasteiger partial charge in [0.15, 0.2) is 0 Å². The maximum atomic E-state index is 12.5. The van der Waals surface area contributed by atoms with Gasteiger partial charge in [0.2, 0.25) is 0 Å². The lowest BCUT2D eigenvalue weighted by Crippen LogP contribution is -2.42. The van der Waals surface area contributed by atoms with Gasteiger partial charge in [-0.05, 0) is 12.1 Å². The Morgan fingerprint density at radius 3 is 2.38 bits per heavy atom. The predicted octanol–water partition coefficient (Wildman–Crippen LogP) is -2.00. The Morgan fingerprint density at radius 1 is 1.10 bits per heavy atom. The molecule has 0 amide bonds. The lowest BCUT2D eigenvalue weighted by molar-refractivity contribution is -0.159. The summed E-state index contributed by atoms with van der Waals surface area (Å²) in [6.45, 7) is 3.28. The van der Waals surface area contributed by atoms with Crippen LogP contribution in [-0.2, 0) is 20.9 Å². The normalized spacial score (nSPS) is 15.2. The highest BCUT2D eigenvalue weighted by Gasteiger charge is 2.16. The fourth-order valence-electron chi connectivity index (χ4n) is 2.63. The maximum Gasteiger partial charge on any atom is 0.414 e. The standard InChI is InChI=1S/C15H18N4O4.C2H2O4/c20-11(8-18-4-6-23-7-5-18)9-19-10-17-14(21)12-2-1-3-16-13(12)15(19)22;3-1(4)2(5)6/h1-3,10-11,20H,4-9H2;(H,3,4)(H,5,6). The van der Waals surface area contributed by atoms with Gasteiger partial charge in [-0.3, -0.25) is 24.0 Å². The molecule has 1 aliphatic rings. The summed E-state index contributed by atoms with van der Waals surface area (Å²) in [4.78, 5) is 52.4. The van der Waals surface area contributed by atoms with Crippen LogP contribution in [0, 0.1) is 0 Å². The third-order valence-corrected chi connectivity index (χ3v) is 3.98. The molecule has 156 valence electrons. The number of rotatable bonds is 4. The second-order valence-electron chi connectivity index (χ2n) is 6.08. The number of morpholine rings is 1. The van der Waals surface area contributed by atoms with Crippen LogP contribution in [-0.4, -0.2) is 85.6 Å². The van der Waals surface area contributed by atoms with Gasteiger partial charge in [0.05, 0.1) is 31.2 Å². The molecule has 3 rings (SSSR count). The van der Waals surface area contributed by atoms with Gasteiger partial charge in [-0.2, -0.15) is 4.98 Å². The number of aromatic nitrogens is 3. The Kier molecular flexibility index (Phi) is 7.88. The van der Waals surface area contributed by atoms with E-state index in [4.69, 9.17) is 24.5 Å². The van der Waals surface area contributed by atoms with Gasteiger partial charge in [0.25, 0.3) is 11.1 Å². The molecule has 12 nitrogen and oxygen atoms in total. The van der Waals surface area contributed by atoms with E-state index in [1.165, 1.54) is 23.2 Å². The summed E-state index contributed by atoms with van der Waals surface area (Å²) in [5.41, 5.74) is -0.878. The van der Waals surface area contributed by atoms with Crippen molar-refractivity contribution < 1.29 is 29.6 Å². The van der Waals surface area contributed by atoms with Crippen LogP contribution in [0.25, 0.3) is 10.9 Å². The zero-order valence-electron chi connectivity index (χ0n) is 15.3. The fourth-order valence-corrected chi connectivity index (χ4v) is 2.63. The summed E-state index contributed by atoms with van der Waals surface area (Å²) in [5.74, 6) is -3.65. The zero-order chi connectivity index (χ0) is 21.4. The van der Waals surface area contributed by atoms with Crippen molar-refractivity contribution in [3.05, 3.63) is 45.4 Å². The van der Waals surface area contributed by atoms with E-state index in [0.717, 1.165) is 13.1 Å². The van der Waals surface area contributed by atoms with E-state index in [1.807, 2.05) is 0 Å². The van der Waals surface area contributed by atoms with Crippen LogP contribution in [0.5, 0.6) is 0 Å². The largest absolute Gasteiger partial charge is 0.473 e. The molecule has 2 aromatic heterocycles. The van der Waals surface area contributed by atoms with Gasteiger partial charge in [0.1, 0.15) is 11.8 Å². The number of carboxylic acid groups (broad SMARTS) is 2. The second-order valence-corrected chi connectivity index (χ2v) is 6.08. The van der Waals surface area contributed by atoms with E-state index in [0.29, 0.717) is 19.8 Å². The number of fused-ring (bicyclic) bond motifs is 1. The third kappa shape index (κ3) is 6.41. The monoisotopic (exact) mass is 408 g/mol. The Balaban J connectivity index is 0.000000438. The molecular weight excluding hydrogens is 388 g/mol. The zero-order valence-corrected chi connectivity index (χ0v) is 15.3. The molecule has 1 aliphatic heterocycles. The number of hydrogen-bond acceptors (Lipinski definition) is 9. The van der Waals surface area contributed by atoms with E-state index in [1.54, 1.807) is 6.07 Å². The second kappa shape index (κ2) is 10.4. The Morgan fingerprint density at radius 2 is 1.76 bits per heavy atom. The Labute approximate surface area is 163 Å². The third-order valence-electron chi connectivity index (χ3n) is 3.98. The molecule has 0 aliphatic carbocycles. The van der Waals surface area contributed by atoms with Crippen LogP contribution >= 0.6 is 0 Å². The van der Waals surface area contributed by atoms with Gasteiger partial charge >= 0.3 is 11.9 Å². The predicted molar refractivity (Wildman–Crippen MR) is 98.6 cm³/mol. The SMILES string of the molecule is O=C(O)C(=O)O.O=c1ncn(CC(O)CN2CCOCC2)c(=O)c2ncccc12. The Bertz CT molecular complexity index is 975. The summed E-state index contributed by atoms with van der Waals surface area (Å²) in [6, 6.07) is 3.11. The van der Waals surface area contributed by atoms with Crippen molar-refractivity contribution in [2.75, 3.05) is 32.8 Å². The summed E-state index contributed by atoms with van der Waals surface area (Å²) < 4.78 is 6.50. The summed E-state index contributed by atoms with van der Waals surface area (Å²) >= 11 is 0. The molecule has 1 atom stereocenters. The number of ether oxygens (including phenoxy) is 1. The maximum absolute atomic E-state index is 12.5. The quantitative estimate of drug-likeness (QED) is 0.478. The first-order valence-corrected chi connectivity index (χ1v) is 8.58. The number of pyridine rings is 1. The van der Waals surface area contributed by atoms with Crippen LogP contribution < -0.4 is 11.1 Å². The summed E-state index contributed by atoms with van der Waals surface area (Å²) in [6.07, 6.45) is 1.89. The van der Waals surface area contributed by atoms with Crippen LogP contribution in [0.4, 0.5) is 0 Å². The molecule has 29 heavy (non-hydrogen) atoms. The summed E-state index contributed by atoms with van der Waals surface area (Å²) in [7, 11) is 0. The first kappa shape index (κ1) is 22.1. The van der Waals surface area contributed by atoms with Gasteiger partial charge in [-0.25, -0.2) is 9.59 Å². The number of aliphatic hydroxyl groups excluding tert-OH is 1. The Hall–Kier alpha value is -3.22. The number of carboxylic acids is 2. The van der Waals surface area contributed by atoms with Crippen molar-refractivity contribution in [3.63, 3.8) is 0 Å². The average Bonchev–Trinajstić information content (AvgIpc) is 2.82. The van der Waals surface area contributed by atoms with Gasteiger partial charge in [-0.1, -0.05) is 0 Å². The topological polar surface area (TPSA) is 172 Å². The number of aliphatic hydroxyl groups is 1. The molecular formula is C17H20N4O8. The molecule has 2 aromatic rings. The molecule has 0 saturated carbocycles. The van der Waals surface area contributed by atoms with E-state index in [2.05, 4.69) is 14.9 Å². The van der Waals surface area contributed by atoms with E-state index >= 15 is 0 Å². The average molecular weight is 408 g/mol. The highest BCUT2D eigenvalue weighted by atomic mass is 16.5. The van der Waals surface area contributed by atoms with Crippen LogP contribution in [0.15, 0.2) is 34.2 Å². The van der Waals surface area contributed by atoms with Crippen LogP contribution in [0.2, 0.25) is 0 Å². The number of carbonyl (C=O) groups is 2. The first-order chi connectivity index (χ1) is 13.8. The molecule has 3 N–H and O–H groups in total. The van der Waals surface area contributed by atoms with Gasteiger partial charge < -0.3 is 20.1 Å². The first-order valence-electron chi connectivity index (χ1n) is 8.58. The molecule has 0 aromatic carbocycles. The highest BCUT2D eigenvalue weighted by Crippen LogP contribution is 2.01. The molecule has 3 heterocycles. The smallest absolute Gasteiger partial charge is 0.414 e. The lowest BCUT2D eigenvalue weighted by Gasteiger charge is -2.28. The minimum atomic E-state index is -1.82. The number of hydrogen-bond donors (Lipinski definition) is 3. The number of aliphatic carboxylic acids is 2. The van der Waals surface area contributed by atoms with Crippen molar-refractivity contribution in [3.8, 4) is 0 Å². The van der Waals surface area contributed by atoms with E-state index in [-0.39, 0.29) is 17.4 Å². The minimum Gasteiger partial charge on any atom is -0.473 e. The number of nitrogens with zero attached hydrogens (tertiary/aromatic N) is 4. The fraction of sp³-hybridized carbons (Fsp3) is 0.412. The van der Waals surface area contributed by atoms with Crippen molar-refractivity contribution >= 4 is 22.8 Å². The van der Waals surface area contributed by atoms with Crippen molar-refractivity contribution in [1.82, 2.24) is 19.4 Å². The molecule has 12 heteroatoms.